The van der Waals surface area contributed by atoms with E-state index in [4.69, 9.17) is 15.0 Å². The number of para-hydroxylation sites is 1. The van der Waals surface area contributed by atoms with Crippen molar-refractivity contribution in [2.75, 3.05) is 0 Å². The van der Waals surface area contributed by atoms with Gasteiger partial charge in [-0.3, -0.25) is 4.79 Å². The molecule has 1 N–H and O–H groups in total. The second kappa shape index (κ2) is 7.89. The summed E-state index contributed by atoms with van der Waals surface area (Å²) >= 11 is 0. The number of nitriles is 1. The number of ether oxygens (including phenoxy) is 1. The number of hydrogen-bond donors (Lipinski definition) is 1. The Morgan fingerprint density at radius 1 is 1.29 bits per heavy atom. The normalized spacial score (nSPS) is 18.7. The average Bonchev–Trinajstić information content (AvgIpc) is 3.18. The molecule has 0 aliphatic carbocycles. The molecular weight excluding hydrogens is 446 g/mol. The molecule has 0 radical (unpaired) electrons. The van der Waals surface area contributed by atoms with Gasteiger partial charge in [-0.25, -0.2) is 9.78 Å². The van der Waals surface area contributed by atoms with Gasteiger partial charge in [-0.1, -0.05) is 44.3 Å². The summed E-state index contributed by atoms with van der Waals surface area (Å²) in [6, 6.07) is 13.3. The van der Waals surface area contributed by atoms with Gasteiger partial charge in [-0.05, 0) is 30.2 Å². The SMILES string of the molecule is CC[C@@]1(O)C(=O)OCc2c1cc1n(c2=O)Cc2cc3cccc([Si](C)(C)CCCC#N)c3nc2-1. The van der Waals surface area contributed by atoms with E-state index < -0.39 is 19.6 Å². The maximum atomic E-state index is 13.4. The third-order valence-corrected chi connectivity index (χ3v) is 10.8. The van der Waals surface area contributed by atoms with Crippen molar-refractivity contribution in [3.05, 3.63) is 57.4 Å². The number of nitrogens with zero attached hydrogens (tertiary/aromatic N) is 3. The summed E-state index contributed by atoms with van der Waals surface area (Å²) in [5.41, 5.74) is 1.80. The average molecular weight is 474 g/mol. The van der Waals surface area contributed by atoms with Crippen molar-refractivity contribution in [1.29, 1.82) is 5.26 Å². The minimum absolute atomic E-state index is 0.117. The molecule has 4 heterocycles. The van der Waals surface area contributed by atoms with Gasteiger partial charge in [0.2, 0.25) is 0 Å². The summed E-state index contributed by atoms with van der Waals surface area (Å²) in [6.07, 6.45) is 1.54. The van der Waals surface area contributed by atoms with Gasteiger partial charge in [0, 0.05) is 22.9 Å². The molecule has 34 heavy (non-hydrogen) atoms. The Hall–Kier alpha value is -3.28. The number of benzene rings is 1. The quantitative estimate of drug-likeness (QED) is 0.271. The predicted octanol–water partition coefficient (Wildman–Crippen LogP) is 3.30. The number of rotatable bonds is 5. The van der Waals surface area contributed by atoms with E-state index in [0.717, 1.165) is 34.6 Å². The number of unbranched alkanes of at least 4 members (excludes halogenated alkanes) is 1. The number of esters is 1. The molecule has 0 spiro atoms. The van der Waals surface area contributed by atoms with Crippen LogP contribution in [0.5, 0.6) is 0 Å². The zero-order valence-electron chi connectivity index (χ0n) is 19.6. The third kappa shape index (κ3) is 3.22. The molecule has 0 saturated heterocycles. The number of carbonyl (C=O) groups is 1. The van der Waals surface area contributed by atoms with Crippen LogP contribution in [0.15, 0.2) is 35.1 Å². The van der Waals surface area contributed by atoms with Crippen LogP contribution in [-0.4, -0.2) is 28.7 Å². The lowest BCUT2D eigenvalue weighted by Crippen LogP contribution is -2.44. The van der Waals surface area contributed by atoms with Gasteiger partial charge in [-0.15, -0.1) is 0 Å². The summed E-state index contributed by atoms with van der Waals surface area (Å²) in [4.78, 5) is 30.8. The molecule has 1 atom stereocenters. The molecule has 2 aliphatic rings. The molecule has 2 aromatic heterocycles. The molecule has 5 rings (SSSR count). The first-order valence-electron chi connectivity index (χ1n) is 11.7. The number of pyridine rings is 2. The fourth-order valence-corrected chi connectivity index (χ4v) is 8.02. The lowest BCUT2D eigenvalue weighted by atomic mass is 9.86. The Kier molecular flexibility index (Phi) is 5.23. The van der Waals surface area contributed by atoms with Gasteiger partial charge >= 0.3 is 5.97 Å². The van der Waals surface area contributed by atoms with Crippen LogP contribution in [0.4, 0.5) is 0 Å². The van der Waals surface area contributed by atoms with Crippen LogP contribution in [0.2, 0.25) is 19.1 Å². The molecule has 0 saturated carbocycles. The first-order valence-corrected chi connectivity index (χ1v) is 14.9. The highest BCUT2D eigenvalue weighted by molar-refractivity contribution is 6.91. The van der Waals surface area contributed by atoms with Gasteiger partial charge in [0.05, 0.1) is 43.2 Å². The number of aromatic nitrogens is 2. The van der Waals surface area contributed by atoms with Crippen molar-refractivity contribution >= 4 is 30.1 Å². The zero-order valence-corrected chi connectivity index (χ0v) is 20.6. The molecule has 8 heteroatoms. The lowest BCUT2D eigenvalue weighted by Gasteiger charge is -2.31. The van der Waals surface area contributed by atoms with E-state index in [1.165, 1.54) is 5.19 Å². The van der Waals surface area contributed by atoms with Crippen molar-refractivity contribution in [3.63, 3.8) is 0 Å². The van der Waals surface area contributed by atoms with Crippen LogP contribution in [0.3, 0.4) is 0 Å². The van der Waals surface area contributed by atoms with Gasteiger partial charge in [0.25, 0.3) is 5.56 Å². The van der Waals surface area contributed by atoms with Gasteiger partial charge < -0.3 is 14.4 Å². The molecule has 0 fully saturated rings. The molecule has 0 unspecified atom stereocenters. The Morgan fingerprint density at radius 3 is 2.82 bits per heavy atom. The van der Waals surface area contributed by atoms with E-state index in [2.05, 4.69) is 37.4 Å². The summed E-state index contributed by atoms with van der Waals surface area (Å²) in [5, 5.41) is 22.3. The highest BCUT2D eigenvalue weighted by Crippen LogP contribution is 2.38. The fraction of sp³-hybridized carbons (Fsp3) is 0.385. The summed E-state index contributed by atoms with van der Waals surface area (Å²) in [6.45, 7) is 6.57. The molecule has 0 amide bonds. The van der Waals surface area contributed by atoms with Crippen molar-refractivity contribution < 1.29 is 14.6 Å². The Labute approximate surface area is 198 Å². The molecule has 7 nitrogen and oxygen atoms in total. The minimum atomic E-state index is -1.86. The van der Waals surface area contributed by atoms with E-state index in [1.54, 1.807) is 17.6 Å². The smallest absolute Gasteiger partial charge is 0.343 e. The maximum Gasteiger partial charge on any atom is 0.343 e. The minimum Gasteiger partial charge on any atom is -0.458 e. The van der Waals surface area contributed by atoms with Crippen LogP contribution >= 0.6 is 0 Å². The molecule has 1 aromatic carbocycles. The first kappa shape index (κ1) is 22.5. The second-order valence-corrected chi connectivity index (χ2v) is 14.7. The van der Waals surface area contributed by atoms with Crippen LogP contribution in [0.1, 0.15) is 42.9 Å². The van der Waals surface area contributed by atoms with Crippen LogP contribution in [0, 0.1) is 11.3 Å². The van der Waals surface area contributed by atoms with Crippen LogP contribution < -0.4 is 10.7 Å². The highest BCUT2D eigenvalue weighted by atomic mass is 28.3. The Morgan fingerprint density at radius 2 is 2.09 bits per heavy atom. The monoisotopic (exact) mass is 473 g/mol. The molecule has 174 valence electrons. The van der Waals surface area contributed by atoms with Gasteiger partial charge in [0.15, 0.2) is 5.60 Å². The lowest BCUT2D eigenvalue weighted by molar-refractivity contribution is -0.172. The largest absolute Gasteiger partial charge is 0.458 e. The molecule has 3 aromatic rings. The summed E-state index contributed by atoms with van der Waals surface area (Å²) in [7, 11) is -1.86. The van der Waals surface area contributed by atoms with Crippen molar-refractivity contribution in [3.8, 4) is 17.5 Å². The maximum absolute atomic E-state index is 13.4. The second-order valence-electron chi connectivity index (χ2n) is 9.87. The number of hydrogen-bond acceptors (Lipinski definition) is 6. The summed E-state index contributed by atoms with van der Waals surface area (Å²) < 4.78 is 6.82. The Balaban J connectivity index is 1.70. The predicted molar refractivity (Wildman–Crippen MR) is 131 cm³/mol. The van der Waals surface area contributed by atoms with Crippen molar-refractivity contribution in [1.82, 2.24) is 9.55 Å². The summed E-state index contributed by atoms with van der Waals surface area (Å²) in [5.74, 6) is -0.719. The van der Waals surface area contributed by atoms with Crippen LogP contribution in [-0.2, 0) is 28.3 Å². The van der Waals surface area contributed by atoms with E-state index in [1.807, 2.05) is 6.07 Å². The van der Waals surface area contributed by atoms with Gasteiger partial charge in [0.1, 0.15) is 6.61 Å². The number of aliphatic hydroxyl groups is 1. The fourth-order valence-electron chi connectivity index (χ4n) is 5.30. The highest BCUT2D eigenvalue weighted by Gasteiger charge is 2.45. The molecule has 0 bridgehead atoms. The van der Waals surface area contributed by atoms with E-state index in [0.29, 0.717) is 29.8 Å². The van der Waals surface area contributed by atoms with Crippen molar-refractivity contribution in [2.24, 2.45) is 0 Å². The van der Waals surface area contributed by atoms with E-state index >= 15 is 0 Å². The van der Waals surface area contributed by atoms with Crippen molar-refractivity contribution in [2.45, 2.75) is 64.1 Å². The topological polar surface area (TPSA) is 105 Å². The Bertz CT molecular complexity index is 1450. The third-order valence-electron chi connectivity index (χ3n) is 7.36. The standard InChI is InChI=1S/C26H27N3O4Si/c1-4-26(32)19-13-20-22-17(14-29(20)24(30)18(19)15-33-25(26)31)12-16-8-7-9-21(23(16)28-22)34(2,3)11-6-5-10-27/h7-9,12-13,32H,4-6,11,14-15H2,1-3H3/t26-/m0/s1. The molecular formula is C26H27N3O4Si. The first-order chi connectivity index (χ1) is 16.2. The van der Waals surface area contributed by atoms with Crippen LogP contribution in [0.25, 0.3) is 22.3 Å². The van der Waals surface area contributed by atoms with E-state index in [9.17, 15) is 14.7 Å². The van der Waals surface area contributed by atoms with E-state index in [-0.39, 0.29) is 18.6 Å². The number of fused-ring (bicyclic) bond motifs is 5. The van der Waals surface area contributed by atoms with Gasteiger partial charge in [-0.2, -0.15) is 5.26 Å². The zero-order chi connectivity index (χ0) is 24.3. The molecule has 2 aliphatic heterocycles. The number of cyclic esters (lactones) is 1. The number of carbonyl (C=O) groups excluding carboxylic acids is 1.